The Morgan fingerprint density at radius 2 is 2.31 bits per heavy atom. The van der Waals surface area contributed by atoms with Crippen molar-refractivity contribution in [3.8, 4) is 0 Å². The van der Waals surface area contributed by atoms with Crippen LogP contribution in [0.5, 0.6) is 0 Å². The van der Waals surface area contributed by atoms with Gasteiger partial charge in [0.2, 0.25) is 0 Å². The van der Waals surface area contributed by atoms with Crippen LogP contribution in [0.15, 0.2) is 6.33 Å². The minimum Gasteiger partial charge on any atom is -0.330 e. The molecule has 13 heavy (non-hydrogen) atoms. The van der Waals surface area contributed by atoms with Crippen molar-refractivity contribution >= 4 is 0 Å². The van der Waals surface area contributed by atoms with Gasteiger partial charge >= 0.3 is 0 Å². The van der Waals surface area contributed by atoms with Crippen molar-refractivity contribution in [2.75, 3.05) is 6.54 Å². The molecule has 0 fully saturated rings. The van der Waals surface area contributed by atoms with E-state index in [1.807, 2.05) is 0 Å². The molecule has 4 nitrogen and oxygen atoms in total. The van der Waals surface area contributed by atoms with Crippen LogP contribution in [0.2, 0.25) is 0 Å². The summed E-state index contributed by atoms with van der Waals surface area (Å²) in [5.41, 5.74) is 5.46. The molecule has 0 aliphatic carbocycles. The van der Waals surface area contributed by atoms with E-state index in [0.29, 0.717) is 12.5 Å². The van der Waals surface area contributed by atoms with E-state index in [-0.39, 0.29) is 0 Å². The van der Waals surface area contributed by atoms with E-state index in [9.17, 15) is 0 Å². The SMILES string of the molecule is CC(C)CCn1cnnc1CCN. The van der Waals surface area contributed by atoms with Crippen molar-refractivity contribution in [1.82, 2.24) is 14.8 Å². The molecule has 0 bridgehead atoms. The van der Waals surface area contributed by atoms with Gasteiger partial charge in [-0.3, -0.25) is 0 Å². The van der Waals surface area contributed by atoms with Gasteiger partial charge in [0.25, 0.3) is 0 Å². The van der Waals surface area contributed by atoms with E-state index < -0.39 is 0 Å². The van der Waals surface area contributed by atoms with Crippen molar-refractivity contribution in [3.63, 3.8) is 0 Å². The maximum atomic E-state index is 5.46. The third-order valence-corrected chi connectivity index (χ3v) is 2.01. The second kappa shape index (κ2) is 4.97. The van der Waals surface area contributed by atoms with Gasteiger partial charge in [-0.25, -0.2) is 0 Å². The molecule has 0 atom stereocenters. The minimum atomic E-state index is 0.639. The molecule has 2 N–H and O–H groups in total. The fourth-order valence-corrected chi connectivity index (χ4v) is 1.19. The van der Waals surface area contributed by atoms with Crippen LogP contribution in [-0.2, 0) is 13.0 Å². The van der Waals surface area contributed by atoms with Crippen molar-refractivity contribution in [2.24, 2.45) is 11.7 Å². The molecule has 0 aromatic carbocycles. The van der Waals surface area contributed by atoms with Crippen molar-refractivity contribution in [2.45, 2.75) is 33.2 Å². The topological polar surface area (TPSA) is 56.7 Å². The molecule has 0 aliphatic heterocycles. The highest BCUT2D eigenvalue weighted by molar-refractivity contribution is 4.86. The first-order valence-electron chi connectivity index (χ1n) is 4.80. The molecule has 74 valence electrons. The van der Waals surface area contributed by atoms with Crippen LogP contribution < -0.4 is 5.73 Å². The standard InChI is InChI=1S/C9H18N4/c1-8(2)4-6-13-7-11-12-9(13)3-5-10/h7-8H,3-6,10H2,1-2H3. The van der Waals surface area contributed by atoms with Crippen LogP contribution in [0.4, 0.5) is 0 Å². The first kappa shape index (κ1) is 10.2. The zero-order valence-corrected chi connectivity index (χ0v) is 8.40. The first-order chi connectivity index (χ1) is 6.24. The van der Waals surface area contributed by atoms with Crippen LogP contribution in [0.1, 0.15) is 26.1 Å². The lowest BCUT2D eigenvalue weighted by Crippen LogP contribution is -2.10. The molecular formula is C9H18N4. The summed E-state index contributed by atoms with van der Waals surface area (Å²) in [6, 6.07) is 0. The number of rotatable bonds is 5. The molecule has 1 heterocycles. The largest absolute Gasteiger partial charge is 0.330 e. The molecule has 1 aromatic rings. The van der Waals surface area contributed by atoms with Crippen LogP contribution >= 0.6 is 0 Å². The zero-order chi connectivity index (χ0) is 9.68. The second-order valence-electron chi connectivity index (χ2n) is 3.66. The Labute approximate surface area is 79.2 Å². The molecular weight excluding hydrogens is 164 g/mol. The highest BCUT2D eigenvalue weighted by Gasteiger charge is 2.03. The summed E-state index contributed by atoms with van der Waals surface area (Å²) in [6.07, 6.45) is 3.76. The van der Waals surface area contributed by atoms with E-state index in [2.05, 4.69) is 28.6 Å². The molecule has 4 heteroatoms. The molecule has 0 spiro atoms. The number of hydrogen-bond acceptors (Lipinski definition) is 3. The van der Waals surface area contributed by atoms with Crippen molar-refractivity contribution < 1.29 is 0 Å². The number of nitrogens with zero attached hydrogens (tertiary/aromatic N) is 3. The van der Waals surface area contributed by atoms with E-state index in [1.165, 1.54) is 0 Å². The molecule has 0 saturated carbocycles. The Morgan fingerprint density at radius 3 is 2.92 bits per heavy atom. The van der Waals surface area contributed by atoms with E-state index in [0.717, 1.165) is 25.2 Å². The van der Waals surface area contributed by atoms with E-state index in [1.54, 1.807) is 6.33 Å². The lowest BCUT2D eigenvalue weighted by molar-refractivity contribution is 0.504. The Morgan fingerprint density at radius 1 is 1.54 bits per heavy atom. The maximum absolute atomic E-state index is 5.46. The van der Waals surface area contributed by atoms with Crippen LogP contribution in [0, 0.1) is 5.92 Å². The molecule has 1 rings (SSSR count). The van der Waals surface area contributed by atoms with Gasteiger partial charge < -0.3 is 10.3 Å². The molecule has 1 aromatic heterocycles. The molecule has 0 radical (unpaired) electrons. The Kier molecular flexibility index (Phi) is 3.89. The summed E-state index contributed by atoms with van der Waals surface area (Å²) in [6.45, 7) is 6.07. The summed E-state index contributed by atoms with van der Waals surface area (Å²) in [4.78, 5) is 0. The molecule has 0 saturated heterocycles. The van der Waals surface area contributed by atoms with Gasteiger partial charge in [0, 0.05) is 13.0 Å². The van der Waals surface area contributed by atoms with Gasteiger partial charge in [-0.15, -0.1) is 10.2 Å². The lowest BCUT2D eigenvalue weighted by Gasteiger charge is -2.07. The minimum absolute atomic E-state index is 0.639. The first-order valence-corrected chi connectivity index (χ1v) is 4.80. The summed E-state index contributed by atoms with van der Waals surface area (Å²) in [7, 11) is 0. The average Bonchev–Trinajstić information content (AvgIpc) is 2.49. The molecule has 0 unspecified atom stereocenters. The summed E-state index contributed by atoms with van der Waals surface area (Å²) >= 11 is 0. The quantitative estimate of drug-likeness (QED) is 0.733. The van der Waals surface area contributed by atoms with Gasteiger partial charge in [-0.05, 0) is 18.9 Å². The molecule has 0 aliphatic rings. The predicted molar refractivity (Wildman–Crippen MR) is 52.2 cm³/mol. The zero-order valence-electron chi connectivity index (χ0n) is 8.40. The van der Waals surface area contributed by atoms with Gasteiger partial charge in [0.05, 0.1) is 0 Å². The fourth-order valence-electron chi connectivity index (χ4n) is 1.19. The van der Waals surface area contributed by atoms with E-state index >= 15 is 0 Å². The monoisotopic (exact) mass is 182 g/mol. The third-order valence-electron chi connectivity index (χ3n) is 2.01. The fraction of sp³-hybridized carbons (Fsp3) is 0.778. The predicted octanol–water partition coefficient (Wildman–Crippen LogP) is 0.825. The third kappa shape index (κ3) is 3.14. The Hall–Kier alpha value is -0.900. The number of aryl methyl sites for hydroxylation is 1. The highest BCUT2D eigenvalue weighted by atomic mass is 15.3. The Bertz CT molecular complexity index is 242. The number of nitrogens with two attached hydrogens (primary N) is 1. The van der Waals surface area contributed by atoms with Crippen LogP contribution in [-0.4, -0.2) is 21.3 Å². The van der Waals surface area contributed by atoms with Gasteiger partial charge in [0.15, 0.2) is 0 Å². The van der Waals surface area contributed by atoms with Crippen LogP contribution in [0.3, 0.4) is 0 Å². The van der Waals surface area contributed by atoms with Crippen molar-refractivity contribution in [3.05, 3.63) is 12.2 Å². The Balaban J connectivity index is 2.49. The molecule has 0 amide bonds. The number of hydrogen-bond donors (Lipinski definition) is 1. The maximum Gasteiger partial charge on any atom is 0.134 e. The second-order valence-corrected chi connectivity index (χ2v) is 3.66. The van der Waals surface area contributed by atoms with E-state index in [4.69, 9.17) is 5.73 Å². The smallest absolute Gasteiger partial charge is 0.134 e. The van der Waals surface area contributed by atoms with Crippen molar-refractivity contribution in [1.29, 1.82) is 0 Å². The van der Waals surface area contributed by atoms with Crippen LogP contribution in [0.25, 0.3) is 0 Å². The van der Waals surface area contributed by atoms with Gasteiger partial charge in [0.1, 0.15) is 12.2 Å². The van der Waals surface area contributed by atoms with Gasteiger partial charge in [-0.1, -0.05) is 13.8 Å². The average molecular weight is 182 g/mol. The highest BCUT2D eigenvalue weighted by Crippen LogP contribution is 2.04. The number of aromatic nitrogens is 3. The normalized spacial score (nSPS) is 11.1. The lowest BCUT2D eigenvalue weighted by atomic mass is 10.1. The summed E-state index contributed by atoms with van der Waals surface area (Å²) < 4.78 is 2.09. The summed E-state index contributed by atoms with van der Waals surface area (Å²) in [5, 5.41) is 7.89. The van der Waals surface area contributed by atoms with Gasteiger partial charge in [-0.2, -0.15) is 0 Å². The summed E-state index contributed by atoms with van der Waals surface area (Å²) in [5.74, 6) is 1.72.